The van der Waals surface area contributed by atoms with E-state index in [1.54, 1.807) is 12.1 Å². The first-order valence-electron chi connectivity index (χ1n) is 5.44. The number of hydrogen-bond acceptors (Lipinski definition) is 6. The number of rotatable bonds is 4. The van der Waals surface area contributed by atoms with E-state index in [9.17, 15) is 13.2 Å². The molecule has 1 aromatic heterocycles. The lowest BCUT2D eigenvalue weighted by molar-refractivity contribution is 0.0941. The molecule has 0 atom stereocenters. The van der Waals surface area contributed by atoms with Gasteiger partial charge >= 0.3 is 0 Å². The molecule has 0 radical (unpaired) electrons. The number of nitrogens with two attached hydrogens (primary N) is 2. The molecule has 0 aliphatic rings. The molecule has 10 heteroatoms. The van der Waals surface area contributed by atoms with Crippen LogP contribution in [0.15, 0.2) is 29.2 Å². The first kappa shape index (κ1) is 14.0. The second-order valence-corrected chi connectivity index (χ2v) is 5.48. The number of amides is 1. The predicted molar refractivity (Wildman–Crippen MR) is 69.8 cm³/mol. The minimum atomic E-state index is -3.72. The maximum atomic E-state index is 11.6. The second-order valence-electron chi connectivity index (χ2n) is 3.91. The zero-order valence-corrected chi connectivity index (χ0v) is 11.0. The summed E-state index contributed by atoms with van der Waals surface area (Å²) in [7, 11) is -3.72. The van der Waals surface area contributed by atoms with Crippen molar-refractivity contribution in [2.45, 2.75) is 11.4 Å². The lowest BCUT2D eigenvalue weighted by atomic mass is 10.2. The molecular weight excluding hydrogens is 284 g/mol. The Balaban J connectivity index is 1.99. The largest absolute Gasteiger partial charge is 0.366 e. The van der Waals surface area contributed by atoms with E-state index < -0.39 is 15.9 Å². The van der Waals surface area contributed by atoms with Gasteiger partial charge in [-0.25, -0.2) is 13.6 Å². The van der Waals surface area contributed by atoms with Gasteiger partial charge in [0.15, 0.2) is 0 Å². The van der Waals surface area contributed by atoms with Gasteiger partial charge in [-0.05, 0) is 17.7 Å². The molecule has 9 nitrogen and oxygen atoms in total. The molecule has 1 aromatic carbocycles. The van der Waals surface area contributed by atoms with Crippen LogP contribution in [-0.2, 0) is 16.6 Å². The molecule has 0 fully saturated rings. The van der Waals surface area contributed by atoms with Crippen LogP contribution in [-0.4, -0.2) is 29.5 Å². The van der Waals surface area contributed by atoms with Crippen LogP contribution in [0, 0.1) is 0 Å². The van der Waals surface area contributed by atoms with Gasteiger partial charge in [-0.15, -0.1) is 5.10 Å². The Morgan fingerprint density at radius 2 is 1.95 bits per heavy atom. The average Bonchev–Trinajstić information content (AvgIpc) is 2.82. The molecule has 0 aliphatic carbocycles. The van der Waals surface area contributed by atoms with Gasteiger partial charge in [-0.3, -0.25) is 9.89 Å². The molecule has 1 heterocycles. The minimum absolute atomic E-state index is 0.00339. The SMILES string of the molecule is Nc1n[nH]c(C(=O)NCc2ccc(S(N)(=O)=O)cc2)n1. The van der Waals surface area contributed by atoms with Crippen molar-refractivity contribution in [1.29, 1.82) is 0 Å². The molecule has 0 spiro atoms. The lowest BCUT2D eigenvalue weighted by Gasteiger charge is -2.04. The Kier molecular flexibility index (Phi) is 3.68. The van der Waals surface area contributed by atoms with Crippen LogP contribution in [0.3, 0.4) is 0 Å². The number of carbonyl (C=O) groups is 1. The summed E-state index contributed by atoms with van der Waals surface area (Å²) in [6.45, 7) is 0.199. The third-order valence-electron chi connectivity index (χ3n) is 2.42. The molecule has 0 saturated heterocycles. The van der Waals surface area contributed by atoms with Crippen LogP contribution in [0.25, 0.3) is 0 Å². The van der Waals surface area contributed by atoms with Gasteiger partial charge in [-0.1, -0.05) is 12.1 Å². The average molecular weight is 296 g/mol. The Morgan fingerprint density at radius 1 is 1.30 bits per heavy atom. The van der Waals surface area contributed by atoms with E-state index in [1.165, 1.54) is 12.1 Å². The van der Waals surface area contributed by atoms with Gasteiger partial charge in [0.05, 0.1) is 4.90 Å². The maximum Gasteiger partial charge on any atom is 0.288 e. The summed E-state index contributed by atoms with van der Waals surface area (Å²) in [6, 6.07) is 5.83. The van der Waals surface area contributed by atoms with E-state index in [1.807, 2.05) is 0 Å². The minimum Gasteiger partial charge on any atom is -0.366 e. The first-order chi connectivity index (χ1) is 9.36. The van der Waals surface area contributed by atoms with E-state index in [4.69, 9.17) is 10.9 Å². The summed E-state index contributed by atoms with van der Waals surface area (Å²) in [5.74, 6) is -0.485. The molecule has 0 bridgehead atoms. The fraction of sp³-hybridized carbons (Fsp3) is 0.100. The van der Waals surface area contributed by atoms with Crippen LogP contribution in [0.2, 0.25) is 0 Å². The van der Waals surface area contributed by atoms with Crippen molar-refractivity contribution < 1.29 is 13.2 Å². The predicted octanol–water partition coefficient (Wildman–Crippen LogP) is -1.04. The molecular formula is C10H12N6O3S. The topological polar surface area (TPSA) is 157 Å². The van der Waals surface area contributed by atoms with Crippen LogP contribution in [0.1, 0.15) is 16.2 Å². The van der Waals surface area contributed by atoms with Crippen molar-refractivity contribution >= 4 is 21.9 Å². The van der Waals surface area contributed by atoms with Crippen LogP contribution in [0.4, 0.5) is 5.95 Å². The smallest absolute Gasteiger partial charge is 0.288 e. The normalized spacial score (nSPS) is 11.2. The Morgan fingerprint density at radius 3 is 2.45 bits per heavy atom. The maximum absolute atomic E-state index is 11.6. The zero-order valence-electron chi connectivity index (χ0n) is 10.2. The van der Waals surface area contributed by atoms with Crippen molar-refractivity contribution in [3.05, 3.63) is 35.7 Å². The van der Waals surface area contributed by atoms with Crippen LogP contribution in [0.5, 0.6) is 0 Å². The number of nitrogens with one attached hydrogen (secondary N) is 2. The molecule has 2 aromatic rings. The van der Waals surface area contributed by atoms with Crippen molar-refractivity contribution in [1.82, 2.24) is 20.5 Å². The fourth-order valence-electron chi connectivity index (χ4n) is 1.44. The van der Waals surface area contributed by atoms with Gasteiger partial charge in [0.1, 0.15) is 0 Å². The highest BCUT2D eigenvalue weighted by atomic mass is 32.2. The van der Waals surface area contributed by atoms with Gasteiger partial charge < -0.3 is 11.1 Å². The molecule has 20 heavy (non-hydrogen) atoms. The standard InChI is InChI=1S/C10H12N6O3S/c11-10-14-8(15-16-10)9(17)13-5-6-1-3-7(4-2-6)20(12,18)19/h1-4H,5H2,(H,13,17)(H2,12,18,19)(H3,11,14,15,16). The number of nitrogens with zero attached hydrogens (tertiary/aromatic N) is 2. The Hall–Kier alpha value is -2.46. The van der Waals surface area contributed by atoms with Crippen molar-refractivity contribution in [2.75, 3.05) is 5.73 Å². The van der Waals surface area contributed by atoms with Crippen LogP contribution < -0.4 is 16.2 Å². The van der Waals surface area contributed by atoms with Gasteiger partial charge in [-0.2, -0.15) is 4.98 Å². The lowest BCUT2D eigenvalue weighted by Crippen LogP contribution is -2.24. The summed E-state index contributed by atoms with van der Waals surface area (Å²) >= 11 is 0. The Bertz CT molecular complexity index is 722. The highest BCUT2D eigenvalue weighted by Gasteiger charge is 2.11. The molecule has 0 aliphatic heterocycles. The highest BCUT2D eigenvalue weighted by molar-refractivity contribution is 7.89. The summed E-state index contributed by atoms with van der Waals surface area (Å²) in [5, 5.41) is 13.5. The third kappa shape index (κ3) is 3.30. The van der Waals surface area contributed by atoms with E-state index in [0.717, 1.165) is 0 Å². The number of aromatic nitrogens is 3. The number of sulfonamides is 1. The van der Waals surface area contributed by atoms with Gasteiger partial charge in [0.2, 0.25) is 21.8 Å². The first-order valence-corrected chi connectivity index (χ1v) is 6.99. The van der Waals surface area contributed by atoms with E-state index in [0.29, 0.717) is 5.56 Å². The third-order valence-corrected chi connectivity index (χ3v) is 3.35. The summed E-state index contributed by atoms with van der Waals surface area (Å²) in [6.07, 6.45) is 0. The van der Waals surface area contributed by atoms with E-state index >= 15 is 0 Å². The highest BCUT2D eigenvalue weighted by Crippen LogP contribution is 2.08. The number of hydrogen-bond donors (Lipinski definition) is 4. The molecule has 0 saturated carbocycles. The number of carbonyl (C=O) groups excluding carboxylic acids is 1. The molecule has 1 amide bonds. The number of benzene rings is 1. The van der Waals surface area contributed by atoms with Gasteiger partial charge in [0.25, 0.3) is 5.91 Å². The van der Waals surface area contributed by atoms with Crippen molar-refractivity contribution in [3.63, 3.8) is 0 Å². The fourth-order valence-corrected chi connectivity index (χ4v) is 1.95. The zero-order chi connectivity index (χ0) is 14.8. The molecule has 0 unspecified atom stereocenters. The van der Waals surface area contributed by atoms with Crippen molar-refractivity contribution in [3.8, 4) is 0 Å². The number of primary sulfonamides is 1. The number of nitrogen functional groups attached to an aromatic ring is 1. The number of anilines is 1. The summed E-state index contributed by atoms with van der Waals surface area (Å²) in [5.41, 5.74) is 5.99. The monoisotopic (exact) mass is 296 g/mol. The molecule has 6 N–H and O–H groups in total. The van der Waals surface area contributed by atoms with E-state index in [-0.39, 0.29) is 23.2 Å². The quantitative estimate of drug-likeness (QED) is 0.564. The summed E-state index contributed by atoms with van der Waals surface area (Å²) in [4.78, 5) is 15.3. The molecule has 2 rings (SSSR count). The van der Waals surface area contributed by atoms with Crippen molar-refractivity contribution in [2.24, 2.45) is 5.14 Å². The van der Waals surface area contributed by atoms with Gasteiger partial charge in [0, 0.05) is 6.54 Å². The number of H-pyrrole nitrogens is 1. The second kappa shape index (κ2) is 5.27. The Labute approximate surface area is 114 Å². The summed E-state index contributed by atoms with van der Waals surface area (Å²) < 4.78 is 22.1. The molecule has 106 valence electrons. The van der Waals surface area contributed by atoms with E-state index in [2.05, 4.69) is 20.5 Å². The van der Waals surface area contributed by atoms with Crippen LogP contribution >= 0.6 is 0 Å². The number of aromatic amines is 1.